The summed E-state index contributed by atoms with van der Waals surface area (Å²) in [4.78, 5) is 27.1. The highest BCUT2D eigenvalue weighted by Crippen LogP contribution is 2.44. The minimum atomic E-state index is -0.888. The second-order valence-corrected chi connectivity index (χ2v) is 8.87. The maximum absolute atomic E-state index is 12.5. The Bertz CT molecular complexity index is 718. The molecule has 1 spiro atoms. The lowest BCUT2D eigenvalue weighted by molar-refractivity contribution is -0.146. The molecule has 3 aliphatic heterocycles. The maximum atomic E-state index is 12.5. The third-order valence-electron chi connectivity index (χ3n) is 5.95. The fourth-order valence-corrected chi connectivity index (χ4v) is 5.43. The molecule has 7 nitrogen and oxygen atoms in total. The molecule has 154 valence electrons. The van der Waals surface area contributed by atoms with E-state index in [0.717, 1.165) is 42.7 Å². The van der Waals surface area contributed by atoms with Crippen molar-refractivity contribution in [3.05, 3.63) is 21.4 Å². The Labute approximate surface area is 168 Å². The number of amides is 1. The molecule has 1 N–H and O–H groups in total. The van der Waals surface area contributed by atoms with E-state index in [1.807, 2.05) is 4.90 Å². The van der Waals surface area contributed by atoms with Gasteiger partial charge in [0.05, 0.1) is 24.9 Å². The van der Waals surface area contributed by atoms with Crippen molar-refractivity contribution in [3.8, 4) is 0 Å². The summed E-state index contributed by atoms with van der Waals surface area (Å²) in [6.07, 6.45) is 5.51. The quantitative estimate of drug-likeness (QED) is 0.804. The molecule has 28 heavy (non-hydrogen) atoms. The molecule has 1 aromatic heterocycles. The van der Waals surface area contributed by atoms with Crippen LogP contribution in [0.1, 0.15) is 52.2 Å². The summed E-state index contributed by atoms with van der Waals surface area (Å²) in [7, 11) is 0. The number of ether oxygens (including phenoxy) is 3. The first-order chi connectivity index (χ1) is 13.6. The van der Waals surface area contributed by atoms with Gasteiger partial charge in [-0.05, 0) is 43.7 Å². The van der Waals surface area contributed by atoms with Crippen LogP contribution in [-0.4, -0.2) is 67.5 Å². The molecule has 1 aromatic rings. The zero-order chi connectivity index (χ0) is 19.6. The Morgan fingerprint density at radius 2 is 2.11 bits per heavy atom. The summed E-state index contributed by atoms with van der Waals surface area (Å²) >= 11 is 1.35. The fourth-order valence-electron chi connectivity index (χ4n) is 4.36. The zero-order valence-corrected chi connectivity index (χ0v) is 16.8. The molecule has 4 rings (SSSR count). The van der Waals surface area contributed by atoms with E-state index in [2.05, 4.69) is 0 Å². The summed E-state index contributed by atoms with van der Waals surface area (Å²) in [5.41, 5.74) is 0.560. The van der Waals surface area contributed by atoms with Crippen molar-refractivity contribution in [3.63, 3.8) is 0 Å². The number of carbonyl (C=O) groups is 2. The number of rotatable bonds is 5. The van der Waals surface area contributed by atoms with Crippen LogP contribution in [0, 0.1) is 0 Å². The molecular weight excluding hydrogens is 382 g/mol. The standard InChI is InChI=1S/C20H27NO6S/c22-18(13-25-12-14-3-1-2-9-26-14)21-7-5-20(6-8-21)15-11-17(19(23)24)28-16(15)4-10-27-20/h11,14H,1-10,12-13H2,(H,23,24). The van der Waals surface area contributed by atoms with Gasteiger partial charge in [0, 0.05) is 31.0 Å². The third-order valence-corrected chi connectivity index (χ3v) is 7.13. The van der Waals surface area contributed by atoms with E-state index < -0.39 is 11.6 Å². The first kappa shape index (κ1) is 19.8. The number of likely N-dealkylation sites (tertiary alicyclic amines) is 1. The zero-order valence-electron chi connectivity index (χ0n) is 16.0. The van der Waals surface area contributed by atoms with Crippen LogP contribution in [0.5, 0.6) is 0 Å². The van der Waals surface area contributed by atoms with Gasteiger partial charge in [0.15, 0.2) is 0 Å². The monoisotopic (exact) mass is 409 g/mol. The van der Waals surface area contributed by atoms with Crippen molar-refractivity contribution >= 4 is 23.2 Å². The van der Waals surface area contributed by atoms with Crippen molar-refractivity contribution in [2.24, 2.45) is 0 Å². The number of aromatic carboxylic acids is 1. The molecule has 0 bridgehead atoms. The summed E-state index contributed by atoms with van der Waals surface area (Å²) in [6, 6.07) is 1.77. The largest absolute Gasteiger partial charge is 0.477 e. The van der Waals surface area contributed by atoms with Gasteiger partial charge < -0.3 is 24.2 Å². The molecule has 0 aliphatic carbocycles. The Balaban J connectivity index is 1.31. The topological polar surface area (TPSA) is 85.3 Å². The molecule has 2 fully saturated rings. The molecule has 1 amide bonds. The molecule has 0 saturated carbocycles. The molecule has 0 aromatic carbocycles. The molecule has 1 unspecified atom stereocenters. The number of fused-ring (bicyclic) bond motifs is 2. The Kier molecular flexibility index (Phi) is 6.01. The molecule has 3 aliphatic rings. The van der Waals surface area contributed by atoms with Gasteiger partial charge in [-0.1, -0.05) is 0 Å². The number of carboxylic acid groups (broad SMARTS) is 1. The molecular formula is C20H27NO6S. The van der Waals surface area contributed by atoms with Gasteiger partial charge in [-0.25, -0.2) is 4.79 Å². The lowest BCUT2D eigenvalue weighted by Crippen LogP contribution is -2.49. The molecule has 2 saturated heterocycles. The van der Waals surface area contributed by atoms with Crippen LogP contribution in [-0.2, 0) is 31.0 Å². The van der Waals surface area contributed by atoms with E-state index >= 15 is 0 Å². The van der Waals surface area contributed by atoms with Crippen LogP contribution in [0.25, 0.3) is 0 Å². The van der Waals surface area contributed by atoms with E-state index in [4.69, 9.17) is 14.2 Å². The maximum Gasteiger partial charge on any atom is 0.345 e. The number of hydrogen-bond acceptors (Lipinski definition) is 6. The average molecular weight is 410 g/mol. The fraction of sp³-hybridized carbons (Fsp3) is 0.700. The van der Waals surface area contributed by atoms with Crippen molar-refractivity contribution in [1.82, 2.24) is 4.90 Å². The molecule has 0 radical (unpaired) electrons. The van der Waals surface area contributed by atoms with Gasteiger partial charge >= 0.3 is 5.97 Å². The number of thiophene rings is 1. The lowest BCUT2D eigenvalue weighted by atomic mass is 9.82. The minimum Gasteiger partial charge on any atom is -0.477 e. The number of carboxylic acids is 1. The van der Waals surface area contributed by atoms with Crippen LogP contribution in [0.2, 0.25) is 0 Å². The van der Waals surface area contributed by atoms with Crippen LogP contribution in [0.4, 0.5) is 0 Å². The van der Waals surface area contributed by atoms with Gasteiger partial charge in [0.1, 0.15) is 11.5 Å². The van der Waals surface area contributed by atoms with Crippen LogP contribution in [0.15, 0.2) is 6.07 Å². The highest BCUT2D eigenvalue weighted by Gasteiger charge is 2.43. The number of piperidine rings is 1. The van der Waals surface area contributed by atoms with E-state index in [1.54, 1.807) is 6.07 Å². The number of hydrogen-bond donors (Lipinski definition) is 1. The predicted octanol–water partition coefficient (Wildman–Crippen LogP) is 2.42. The highest BCUT2D eigenvalue weighted by atomic mass is 32.1. The first-order valence-electron chi connectivity index (χ1n) is 10.0. The smallest absolute Gasteiger partial charge is 0.345 e. The van der Waals surface area contributed by atoms with Gasteiger partial charge in [0.25, 0.3) is 0 Å². The van der Waals surface area contributed by atoms with Crippen molar-refractivity contribution in [1.29, 1.82) is 0 Å². The second kappa shape index (κ2) is 8.49. The van der Waals surface area contributed by atoms with E-state index in [0.29, 0.717) is 44.0 Å². The number of nitrogens with zero attached hydrogens (tertiary/aromatic N) is 1. The number of carbonyl (C=O) groups excluding carboxylic acids is 1. The van der Waals surface area contributed by atoms with E-state index in [9.17, 15) is 14.7 Å². The first-order valence-corrected chi connectivity index (χ1v) is 10.9. The summed E-state index contributed by atoms with van der Waals surface area (Å²) in [6.45, 7) is 3.14. The summed E-state index contributed by atoms with van der Waals surface area (Å²) in [5, 5.41) is 9.31. The third kappa shape index (κ3) is 4.10. The van der Waals surface area contributed by atoms with Gasteiger partial charge in [-0.3, -0.25) is 4.79 Å². The molecule has 4 heterocycles. The molecule has 8 heteroatoms. The Morgan fingerprint density at radius 1 is 1.29 bits per heavy atom. The van der Waals surface area contributed by atoms with Crippen LogP contribution >= 0.6 is 11.3 Å². The van der Waals surface area contributed by atoms with Crippen LogP contribution in [0.3, 0.4) is 0 Å². The van der Waals surface area contributed by atoms with Crippen molar-refractivity contribution < 1.29 is 28.9 Å². The average Bonchev–Trinajstić information content (AvgIpc) is 3.16. The minimum absolute atomic E-state index is 0.00163. The SMILES string of the molecule is O=C(O)c1cc2c(s1)CCOC21CCN(C(=O)COCC2CCCCO2)CC1. The Morgan fingerprint density at radius 3 is 2.82 bits per heavy atom. The van der Waals surface area contributed by atoms with E-state index in [1.165, 1.54) is 11.3 Å². The Hall–Kier alpha value is -1.48. The van der Waals surface area contributed by atoms with Gasteiger partial charge in [-0.15, -0.1) is 11.3 Å². The van der Waals surface area contributed by atoms with Crippen molar-refractivity contribution in [2.75, 3.05) is 39.5 Å². The second-order valence-electron chi connectivity index (χ2n) is 7.73. The van der Waals surface area contributed by atoms with Crippen LogP contribution < -0.4 is 0 Å². The van der Waals surface area contributed by atoms with Gasteiger partial charge in [0.2, 0.25) is 5.91 Å². The predicted molar refractivity (Wildman–Crippen MR) is 103 cm³/mol. The van der Waals surface area contributed by atoms with Gasteiger partial charge in [-0.2, -0.15) is 0 Å². The summed E-state index contributed by atoms with van der Waals surface area (Å²) < 4.78 is 17.4. The highest BCUT2D eigenvalue weighted by molar-refractivity contribution is 7.14. The van der Waals surface area contributed by atoms with Crippen molar-refractivity contribution in [2.45, 2.75) is 50.2 Å². The molecule has 1 atom stereocenters. The van der Waals surface area contributed by atoms with E-state index in [-0.39, 0.29) is 18.6 Å². The normalized spacial score (nSPS) is 24.1. The summed E-state index contributed by atoms with van der Waals surface area (Å²) in [5.74, 6) is -0.889. The lowest BCUT2D eigenvalue weighted by Gasteiger charge is -2.44.